The number of aliphatic hydroxyl groups is 1. The van der Waals surface area contributed by atoms with Crippen LogP contribution in [0.3, 0.4) is 0 Å². The van der Waals surface area contributed by atoms with E-state index in [4.69, 9.17) is 0 Å². The lowest BCUT2D eigenvalue weighted by molar-refractivity contribution is -0.143. The molecule has 3 amide bonds. The molecule has 3 heterocycles. The number of carbonyl (C=O) groups excluding carboxylic acids is 3. The fourth-order valence-corrected chi connectivity index (χ4v) is 5.28. The van der Waals surface area contributed by atoms with Crippen LogP contribution in [0.2, 0.25) is 0 Å². The molecule has 0 radical (unpaired) electrons. The molecule has 2 fully saturated rings. The third-order valence-electron chi connectivity index (χ3n) is 6.69. The molecule has 8 heteroatoms. The standard InChI is InChI=1S/C23H22FN3O4/c1-12(28)19-17-18(21(30)27(20(17)29)10-9-13-5-3-2-4-6-13)23(26-19)15-11-14(24)7-8-16(15)25-22(23)31/h2-8,11-12,17-19,26,28H,9-10H2,1H3,(H,25,31)/t12-,17-,18-,19-,23+/m0/s1. The monoisotopic (exact) mass is 423 g/mol. The van der Waals surface area contributed by atoms with Crippen molar-refractivity contribution in [1.29, 1.82) is 0 Å². The third kappa shape index (κ3) is 2.75. The van der Waals surface area contributed by atoms with Gasteiger partial charge in [0.1, 0.15) is 11.4 Å². The summed E-state index contributed by atoms with van der Waals surface area (Å²) < 4.78 is 14.1. The van der Waals surface area contributed by atoms with E-state index in [0.29, 0.717) is 17.7 Å². The summed E-state index contributed by atoms with van der Waals surface area (Å²) >= 11 is 0. The number of halogens is 1. The Morgan fingerprint density at radius 2 is 1.87 bits per heavy atom. The molecule has 3 aliphatic heterocycles. The minimum absolute atomic E-state index is 0.176. The Balaban J connectivity index is 1.55. The van der Waals surface area contributed by atoms with Crippen molar-refractivity contribution in [2.45, 2.75) is 31.0 Å². The van der Waals surface area contributed by atoms with Gasteiger partial charge in [0.2, 0.25) is 17.7 Å². The molecule has 3 N–H and O–H groups in total. The highest BCUT2D eigenvalue weighted by Gasteiger charge is 2.71. The van der Waals surface area contributed by atoms with Crippen molar-refractivity contribution in [3.8, 4) is 0 Å². The van der Waals surface area contributed by atoms with Crippen LogP contribution in [0.4, 0.5) is 10.1 Å². The van der Waals surface area contributed by atoms with Crippen LogP contribution in [0, 0.1) is 17.7 Å². The van der Waals surface area contributed by atoms with E-state index in [9.17, 15) is 23.9 Å². The largest absolute Gasteiger partial charge is 0.392 e. The summed E-state index contributed by atoms with van der Waals surface area (Å²) in [5, 5.41) is 16.1. The van der Waals surface area contributed by atoms with Gasteiger partial charge in [0.25, 0.3) is 0 Å². The number of amides is 3. The number of benzene rings is 2. The number of hydrogen-bond donors (Lipinski definition) is 3. The highest BCUT2D eigenvalue weighted by atomic mass is 19.1. The Hall–Kier alpha value is -3.10. The Bertz CT molecular complexity index is 1090. The molecule has 0 aliphatic carbocycles. The smallest absolute Gasteiger partial charge is 0.250 e. The van der Waals surface area contributed by atoms with Crippen molar-refractivity contribution >= 4 is 23.4 Å². The lowest BCUT2D eigenvalue weighted by atomic mass is 9.76. The number of fused-ring (bicyclic) bond motifs is 4. The van der Waals surface area contributed by atoms with E-state index >= 15 is 0 Å². The summed E-state index contributed by atoms with van der Waals surface area (Å²) in [4.78, 5) is 41.1. The fraction of sp³-hybridized carbons (Fsp3) is 0.348. The number of nitrogens with zero attached hydrogens (tertiary/aromatic N) is 1. The Labute approximate surface area is 178 Å². The van der Waals surface area contributed by atoms with E-state index in [1.807, 2.05) is 30.3 Å². The molecule has 2 saturated heterocycles. The minimum atomic E-state index is -1.60. The van der Waals surface area contributed by atoms with Gasteiger partial charge in [-0.3, -0.25) is 24.6 Å². The zero-order valence-corrected chi connectivity index (χ0v) is 16.8. The first-order chi connectivity index (χ1) is 14.8. The molecule has 7 nitrogen and oxygen atoms in total. The van der Waals surface area contributed by atoms with Crippen LogP contribution < -0.4 is 10.6 Å². The molecule has 3 aliphatic rings. The normalized spacial score (nSPS) is 30.0. The predicted molar refractivity (Wildman–Crippen MR) is 109 cm³/mol. The number of aliphatic hydroxyl groups excluding tert-OH is 1. The second-order valence-electron chi connectivity index (χ2n) is 8.43. The molecular weight excluding hydrogens is 401 g/mol. The second-order valence-corrected chi connectivity index (χ2v) is 8.43. The van der Waals surface area contributed by atoms with E-state index in [2.05, 4.69) is 10.6 Å². The van der Waals surface area contributed by atoms with Crippen LogP contribution in [0.1, 0.15) is 18.1 Å². The minimum Gasteiger partial charge on any atom is -0.392 e. The molecule has 5 rings (SSSR count). The van der Waals surface area contributed by atoms with E-state index in [1.165, 1.54) is 30.0 Å². The number of likely N-dealkylation sites (tertiary alicyclic amines) is 1. The number of nitrogens with one attached hydrogen (secondary N) is 2. The van der Waals surface area contributed by atoms with Crippen molar-refractivity contribution in [2.75, 3.05) is 11.9 Å². The van der Waals surface area contributed by atoms with Crippen LogP contribution in [0.15, 0.2) is 48.5 Å². The van der Waals surface area contributed by atoms with Gasteiger partial charge in [0.15, 0.2) is 0 Å². The van der Waals surface area contributed by atoms with Gasteiger partial charge in [-0.1, -0.05) is 30.3 Å². The first-order valence-corrected chi connectivity index (χ1v) is 10.3. The SMILES string of the molecule is C[C@H](O)[C@@H]1N[C@@]2(C(=O)Nc3ccc(F)cc32)[C@@H]2C(=O)N(CCc3ccccc3)C(=O)[C@H]12. The molecule has 0 bridgehead atoms. The second kappa shape index (κ2) is 6.96. The quantitative estimate of drug-likeness (QED) is 0.642. The van der Waals surface area contributed by atoms with Gasteiger partial charge in [-0.05, 0) is 37.1 Å². The maximum absolute atomic E-state index is 14.1. The maximum atomic E-state index is 14.1. The van der Waals surface area contributed by atoms with Crippen LogP contribution in [-0.2, 0) is 26.3 Å². The summed E-state index contributed by atoms with van der Waals surface area (Å²) in [7, 11) is 0. The number of imide groups is 1. The maximum Gasteiger partial charge on any atom is 0.250 e. The van der Waals surface area contributed by atoms with Crippen molar-refractivity contribution in [3.63, 3.8) is 0 Å². The number of anilines is 1. The van der Waals surface area contributed by atoms with Crippen molar-refractivity contribution in [1.82, 2.24) is 10.2 Å². The molecule has 5 atom stereocenters. The molecule has 1 spiro atoms. The lowest BCUT2D eigenvalue weighted by Gasteiger charge is -2.30. The van der Waals surface area contributed by atoms with E-state index in [-0.39, 0.29) is 6.54 Å². The summed E-state index contributed by atoms with van der Waals surface area (Å²) in [6.45, 7) is 1.69. The van der Waals surface area contributed by atoms with E-state index in [0.717, 1.165) is 5.56 Å². The van der Waals surface area contributed by atoms with Gasteiger partial charge in [0, 0.05) is 23.8 Å². The highest BCUT2D eigenvalue weighted by Crippen LogP contribution is 2.53. The average molecular weight is 423 g/mol. The van der Waals surface area contributed by atoms with Crippen LogP contribution in [0.25, 0.3) is 0 Å². The van der Waals surface area contributed by atoms with Crippen LogP contribution in [0.5, 0.6) is 0 Å². The molecule has 0 unspecified atom stereocenters. The van der Waals surface area contributed by atoms with Gasteiger partial charge in [-0.2, -0.15) is 0 Å². The van der Waals surface area contributed by atoms with Gasteiger partial charge in [-0.15, -0.1) is 0 Å². The van der Waals surface area contributed by atoms with Gasteiger partial charge in [-0.25, -0.2) is 4.39 Å². The first-order valence-electron chi connectivity index (χ1n) is 10.3. The van der Waals surface area contributed by atoms with Gasteiger partial charge < -0.3 is 10.4 Å². The van der Waals surface area contributed by atoms with E-state index in [1.54, 1.807) is 0 Å². The third-order valence-corrected chi connectivity index (χ3v) is 6.69. The molecular formula is C23H22FN3O4. The Morgan fingerprint density at radius 3 is 2.58 bits per heavy atom. The zero-order valence-electron chi connectivity index (χ0n) is 16.8. The Kier molecular flexibility index (Phi) is 4.46. The van der Waals surface area contributed by atoms with Gasteiger partial charge >= 0.3 is 0 Å². The molecule has 160 valence electrons. The zero-order chi connectivity index (χ0) is 21.9. The highest BCUT2D eigenvalue weighted by molar-refractivity contribution is 6.15. The first kappa shape index (κ1) is 19.8. The lowest BCUT2D eigenvalue weighted by Crippen LogP contribution is -2.55. The molecule has 0 aromatic heterocycles. The summed E-state index contributed by atoms with van der Waals surface area (Å²) in [6, 6.07) is 12.5. The number of rotatable bonds is 4. The molecule has 0 saturated carbocycles. The van der Waals surface area contributed by atoms with Crippen LogP contribution >= 0.6 is 0 Å². The van der Waals surface area contributed by atoms with Gasteiger partial charge in [0.05, 0.1) is 17.9 Å². The summed E-state index contributed by atoms with van der Waals surface area (Å²) in [5.41, 5.74) is 0.0672. The van der Waals surface area contributed by atoms with Crippen LogP contribution in [-0.4, -0.2) is 46.4 Å². The van der Waals surface area contributed by atoms with E-state index < -0.39 is 53.1 Å². The average Bonchev–Trinajstić information content (AvgIpc) is 3.33. The summed E-state index contributed by atoms with van der Waals surface area (Å²) in [5.74, 6) is -3.93. The topological polar surface area (TPSA) is 98.7 Å². The number of carbonyl (C=O) groups is 3. The fourth-order valence-electron chi connectivity index (χ4n) is 5.28. The van der Waals surface area contributed by atoms with Crippen molar-refractivity contribution in [3.05, 3.63) is 65.5 Å². The van der Waals surface area contributed by atoms with Crippen molar-refractivity contribution in [2.24, 2.45) is 11.8 Å². The number of hydrogen-bond acceptors (Lipinski definition) is 5. The summed E-state index contributed by atoms with van der Waals surface area (Å²) in [6.07, 6.45) is -0.516. The Morgan fingerprint density at radius 1 is 1.13 bits per heavy atom. The predicted octanol–water partition coefficient (Wildman–Crippen LogP) is 1.17. The molecule has 2 aromatic rings. The molecule has 2 aromatic carbocycles. The molecule has 31 heavy (non-hydrogen) atoms. The van der Waals surface area contributed by atoms with Crippen molar-refractivity contribution < 1.29 is 23.9 Å².